The molecule has 4 rings (SSSR count). The average Bonchev–Trinajstić information content (AvgIpc) is 2.91. The van der Waals surface area contributed by atoms with Gasteiger partial charge in [0.05, 0.1) is 11.3 Å². The number of hydrogen-bond acceptors (Lipinski definition) is 2. The lowest BCUT2D eigenvalue weighted by atomic mass is 9.96. The Labute approximate surface area is 172 Å². The largest absolute Gasteiger partial charge is 0.418 e. The number of fused-ring (bicyclic) bond motifs is 2. The van der Waals surface area contributed by atoms with Gasteiger partial charge < -0.3 is 10.6 Å². The molecule has 8 heteroatoms. The molecule has 0 aliphatic carbocycles. The van der Waals surface area contributed by atoms with Crippen molar-refractivity contribution in [3.63, 3.8) is 0 Å². The fourth-order valence-electron chi connectivity index (χ4n) is 4.63. The van der Waals surface area contributed by atoms with Crippen molar-refractivity contribution in [2.45, 2.75) is 56.5 Å². The van der Waals surface area contributed by atoms with Gasteiger partial charge in [0.1, 0.15) is 5.82 Å². The lowest BCUT2D eigenvalue weighted by molar-refractivity contribution is -0.136. The number of halogens is 4. The predicted molar refractivity (Wildman–Crippen MR) is 105 cm³/mol. The highest BCUT2D eigenvalue weighted by atomic mass is 19.4. The minimum atomic E-state index is -4.53. The number of piperidine rings is 1. The Kier molecular flexibility index (Phi) is 5.69. The van der Waals surface area contributed by atoms with Crippen molar-refractivity contribution in [2.75, 3.05) is 5.32 Å². The fraction of sp³-hybridized carbons (Fsp3) is 0.409. The number of carbonyl (C=O) groups excluding carboxylic acids is 1. The highest BCUT2D eigenvalue weighted by molar-refractivity contribution is 5.90. The lowest BCUT2D eigenvalue weighted by Crippen LogP contribution is -2.50. The summed E-state index contributed by atoms with van der Waals surface area (Å²) < 4.78 is 52.5. The summed E-state index contributed by atoms with van der Waals surface area (Å²) in [4.78, 5) is 14.8. The van der Waals surface area contributed by atoms with Crippen LogP contribution in [0.2, 0.25) is 0 Å². The van der Waals surface area contributed by atoms with Gasteiger partial charge in [0, 0.05) is 24.7 Å². The van der Waals surface area contributed by atoms with Crippen LogP contribution in [0.1, 0.15) is 36.8 Å². The molecule has 0 spiro atoms. The van der Waals surface area contributed by atoms with Crippen molar-refractivity contribution >= 4 is 11.7 Å². The summed E-state index contributed by atoms with van der Waals surface area (Å²) in [6.07, 6.45) is -1.02. The topological polar surface area (TPSA) is 44.4 Å². The maximum atomic E-state index is 13.1. The molecule has 0 saturated carbocycles. The molecule has 0 radical (unpaired) electrons. The van der Waals surface area contributed by atoms with Gasteiger partial charge in [0.25, 0.3) is 0 Å². The molecule has 2 unspecified atom stereocenters. The summed E-state index contributed by atoms with van der Waals surface area (Å²) in [5, 5.41) is 5.20. The molecule has 2 aliphatic heterocycles. The van der Waals surface area contributed by atoms with Crippen LogP contribution in [0.3, 0.4) is 0 Å². The number of para-hydroxylation sites is 1. The number of amides is 2. The SMILES string of the molecule is O=C(Nc1ccccc1C(F)(F)F)NC1CC2CCC(C1)N2Cc1ccc(F)cc1. The Morgan fingerprint density at radius 1 is 1.00 bits per heavy atom. The fourth-order valence-corrected chi connectivity index (χ4v) is 4.63. The van der Waals surface area contributed by atoms with E-state index in [1.54, 1.807) is 12.1 Å². The zero-order valence-corrected chi connectivity index (χ0v) is 16.3. The predicted octanol–water partition coefficient (Wildman–Crippen LogP) is 5.16. The number of carbonyl (C=O) groups is 1. The molecule has 2 aromatic rings. The van der Waals surface area contributed by atoms with Gasteiger partial charge in [-0.25, -0.2) is 9.18 Å². The maximum Gasteiger partial charge on any atom is 0.418 e. The summed E-state index contributed by atoms with van der Waals surface area (Å²) in [6.45, 7) is 0.730. The zero-order chi connectivity index (χ0) is 21.3. The molecule has 2 aliphatic rings. The van der Waals surface area contributed by atoms with Gasteiger partial charge in [-0.1, -0.05) is 24.3 Å². The highest BCUT2D eigenvalue weighted by Crippen LogP contribution is 2.37. The molecule has 2 saturated heterocycles. The van der Waals surface area contributed by atoms with Crippen LogP contribution in [-0.2, 0) is 12.7 Å². The zero-order valence-electron chi connectivity index (χ0n) is 16.3. The molecule has 2 atom stereocenters. The molecular formula is C22H23F4N3O. The number of nitrogens with zero attached hydrogens (tertiary/aromatic N) is 1. The first-order chi connectivity index (χ1) is 14.3. The van der Waals surface area contributed by atoms with Crippen LogP contribution >= 0.6 is 0 Å². The molecule has 2 bridgehead atoms. The third-order valence-corrected chi connectivity index (χ3v) is 5.98. The molecule has 160 valence electrons. The molecule has 30 heavy (non-hydrogen) atoms. The minimum absolute atomic E-state index is 0.0926. The smallest absolute Gasteiger partial charge is 0.335 e. The van der Waals surface area contributed by atoms with Crippen LogP contribution in [0.15, 0.2) is 48.5 Å². The van der Waals surface area contributed by atoms with Crippen LogP contribution in [0.4, 0.5) is 28.0 Å². The second-order valence-corrected chi connectivity index (χ2v) is 7.99. The summed E-state index contributed by atoms with van der Waals surface area (Å²) in [5.41, 5.74) is -0.0743. The van der Waals surface area contributed by atoms with Crippen LogP contribution in [0, 0.1) is 5.82 Å². The van der Waals surface area contributed by atoms with E-state index in [0.29, 0.717) is 12.1 Å². The van der Waals surface area contributed by atoms with E-state index in [4.69, 9.17) is 0 Å². The van der Waals surface area contributed by atoms with Crippen molar-refractivity contribution in [3.8, 4) is 0 Å². The molecule has 2 aromatic carbocycles. The van der Waals surface area contributed by atoms with E-state index in [0.717, 1.165) is 43.9 Å². The standard InChI is InChI=1S/C22H23F4N3O/c23-15-7-5-14(6-8-15)13-29-17-9-10-18(29)12-16(11-17)27-21(30)28-20-4-2-1-3-19(20)22(24,25)26/h1-8,16-18H,9-13H2,(H2,27,28,30). The van der Waals surface area contributed by atoms with Gasteiger partial charge in [-0.3, -0.25) is 4.90 Å². The van der Waals surface area contributed by atoms with Gasteiger partial charge in [0.2, 0.25) is 0 Å². The lowest BCUT2D eigenvalue weighted by Gasteiger charge is -2.39. The number of rotatable bonds is 4. The monoisotopic (exact) mass is 421 g/mol. The van der Waals surface area contributed by atoms with Crippen LogP contribution < -0.4 is 10.6 Å². The Balaban J connectivity index is 1.35. The van der Waals surface area contributed by atoms with Crippen LogP contribution in [0.25, 0.3) is 0 Å². The Hall–Kier alpha value is -2.61. The van der Waals surface area contributed by atoms with E-state index in [1.807, 2.05) is 0 Å². The molecule has 4 nitrogen and oxygen atoms in total. The van der Waals surface area contributed by atoms with Gasteiger partial charge in [-0.2, -0.15) is 13.2 Å². The number of anilines is 1. The number of nitrogens with one attached hydrogen (secondary N) is 2. The first-order valence-electron chi connectivity index (χ1n) is 10.0. The number of urea groups is 1. The van der Waals surface area contributed by atoms with Crippen molar-refractivity contribution in [1.29, 1.82) is 0 Å². The van der Waals surface area contributed by atoms with Crippen molar-refractivity contribution in [3.05, 3.63) is 65.5 Å². The molecular weight excluding hydrogens is 398 g/mol. The van der Waals surface area contributed by atoms with Crippen molar-refractivity contribution in [1.82, 2.24) is 10.2 Å². The average molecular weight is 421 g/mol. The summed E-state index contributed by atoms with van der Waals surface area (Å²) in [6, 6.07) is 11.3. The number of hydrogen-bond donors (Lipinski definition) is 2. The van der Waals surface area contributed by atoms with Crippen LogP contribution in [0.5, 0.6) is 0 Å². The van der Waals surface area contributed by atoms with Crippen molar-refractivity contribution < 1.29 is 22.4 Å². The Morgan fingerprint density at radius 3 is 2.27 bits per heavy atom. The first kappa shape index (κ1) is 20.7. The molecule has 2 amide bonds. The molecule has 2 heterocycles. The van der Waals surface area contributed by atoms with Gasteiger partial charge >= 0.3 is 12.2 Å². The summed E-state index contributed by atoms with van der Waals surface area (Å²) in [5.74, 6) is -0.261. The Bertz CT molecular complexity index is 886. The van der Waals surface area contributed by atoms with Gasteiger partial charge in [-0.05, 0) is 55.5 Å². The van der Waals surface area contributed by atoms with E-state index >= 15 is 0 Å². The van der Waals surface area contributed by atoms with Gasteiger partial charge in [0.15, 0.2) is 0 Å². The van der Waals surface area contributed by atoms with Crippen LogP contribution in [-0.4, -0.2) is 29.1 Å². The quantitative estimate of drug-likeness (QED) is 0.670. The second-order valence-electron chi connectivity index (χ2n) is 7.99. The van der Waals surface area contributed by atoms with E-state index in [-0.39, 0.29) is 17.5 Å². The highest BCUT2D eigenvalue weighted by Gasteiger charge is 2.41. The van der Waals surface area contributed by atoms with Gasteiger partial charge in [-0.15, -0.1) is 0 Å². The minimum Gasteiger partial charge on any atom is -0.335 e. The summed E-state index contributed by atoms with van der Waals surface area (Å²) >= 11 is 0. The normalized spacial score (nSPS) is 23.9. The van der Waals surface area contributed by atoms with E-state index in [9.17, 15) is 22.4 Å². The number of alkyl halides is 3. The van der Waals surface area contributed by atoms with E-state index in [1.165, 1.54) is 30.3 Å². The van der Waals surface area contributed by atoms with E-state index < -0.39 is 17.8 Å². The van der Waals surface area contributed by atoms with E-state index in [2.05, 4.69) is 15.5 Å². The Morgan fingerprint density at radius 2 is 1.63 bits per heavy atom. The molecule has 2 fully saturated rings. The third-order valence-electron chi connectivity index (χ3n) is 5.98. The summed E-state index contributed by atoms with van der Waals surface area (Å²) in [7, 11) is 0. The third kappa shape index (κ3) is 4.59. The van der Waals surface area contributed by atoms with Crippen molar-refractivity contribution in [2.24, 2.45) is 0 Å². The molecule has 0 aromatic heterocycles. The second kappa shape index (κ2) is 8.26. The number of benzene rings is 2. The maximum absolute atomic E-state index is 13.1. The first-order valence-corrected chi connectivity index (χ1v) is 10.0. The molecule has 2 N–H and O–H groups in total.